The lowest BCUT2D eigenvalue weighted by Crippen LogP contribution is -2.30. The first-order chi connectivity index (χ1) is 8.70. The van der Waals surface area contributed by atoms with Crippen LogP contribution in [0, 0.1) is 5.92 Å². The standard InChI is InChI=1S/C13H17Br2NO2/c1-17-12-6-11(15)13(7-10(12)14)18-8-9-2-4-16-5-3-9/h6-7,9,16H,2-5,8H2,1H3. The summed E-state index contributed by atoms with van der Waals surface area (Å²) >= 11 is 6.98. The maximum absolute atomic E-state index is 5.90. The minimum atomic E-state index is 0.652. The lowest BCUT2D eigenvalue weighted by Gasteiger charge is -2.23. The predicted molar refractivity (Wildman–Crippen MR) is 79.5 cm³/mol. The van der Waals surface area contributed by atoms with Gasteiger partial charge in [0.1, 0.15) is 11.5 Å². The lowest BCUT2D eigenvalue weighted by atomic mass is 9.99. The van der Waals surface area contributed by atoms with Crippen molar-refractivity contribution in [2.24, 2.45) is 5.92 Å². The third-order valence-electron chi connectivity index (χ3n) is 3.14. The Balaban J connectivity index is 1.98. The van der Waals surface area contributed by atoms with E-state index in [2.05, 4.69) is 37.2 Å². The van der Waals surface area contributed by atoms with Gasteiger partial charge in [0, 0.05) is 0 Å². The van der Waals surface area contributed by atoms with E-state index in [4.69, 9.17) is 9.47 Å². The van der Waals surface area contributed by atoms with Crippen LogP contribution in [0.4, 0.5) is 0 Å². The first-order valence-corrected chi connectivity index (χ1v) is 7.66. The van der Waals surface area contributed by atoms with Gasteiger partial charge < -0.3 is 14.8 Å². The molecule has 0 atom stereocenters. The van der Waals surface area contributed by atoms with Crippen molar-refractivity contribution in [2.75, 3.05) is 26.8 Å². The molecule has 5 heteroatoms. The highest BCUT2D eigenvalue weighted by Crippen LogP contribution is 2.36. The Kier molecular flexibility index (Phi) is 5.33. The summed E-state index contributed by atoms with van der Waals surface area (Å²) in [5.74, 6) is 2.32. The zero-order chi connectivity index (χ0) is 13.0. The molecule has 100 valence electrons. The van der Waals surface area contributed by atoms with Gasteiger partial charge in [-0.3, -0.25) is 0 Å². The summed E-state index contributed by atoms with van der Waals surface area (Å²) in [6.45, 7) is 2.97. The van der Waals surface area contributed by atoms with Crippen molar-refractivity contribution in [1.82, 2.24) is 5.32 Å². The molecule has 0 bridgehead atoms. The molecular weight excluding hydrogens is 362 g/mol. The van der Waals surface area contributed by atoms with Crippen LogP contribution in [0.1, 0.15) is 12.8 Å². The number of halogens is 2. The molecule has 0 radical (unpaired) electrons. The first-order valence-electron chi connectivity index (χ1n) is 6.07. The molecular formula is C13H17Br2NO2. The molecule has 0 spiro atoms. The van der Waals surface area contributed by atoms with E-state index >= 15 is 0 Å². The highest BCUT2D eigenvalue weighted by molar-refractivity contribution is 9.11. The second kappa shape index (κ2) is 6.78. The van der Waals surface area contributed by atoms with Crippen LogP contribution in [-0.2, 0) is 0 Å². The summed E-state index contributed by atoms with van der Waals surface area (Å²) in [5, 5.41) is 3.36. The Hall–Kier alpha value is -0.260. The smallest absolute Gasteiger partial charge is 0.134 e. The molecule has 1 aromatic rings. The van der Waals surface area contributed by atoms with Crippen molar-refractivity contribution in [1.29, 1.82) is 0 Å². The fourth-order valence-corrected chi connectivity index (χ4v) is 2.95. The van der Waals surface area contributed by atoms with E-state index in [1.165, 1.54) is 12.8 Å². The normalized spacial score (nSPS) is 16.6. The fourth-order valence-electron chi connectivity index (χ4n) is 2.03. The van der Waals surface area contributed by atoms with Crippen molar-refractivity contribution in [3.63, 3.8) is 0 Å². The number of benzene rings is 1. The molecule has 18 heavy (non-hydrogen) atoms. The third-order valence-corrected chi connectivity index (χ3v) is 4.38. The van der Waals surface area contributed by atoms with Crippen LogP contribution in [0.25, 0.3) is 0 Å². The molecule has 2 rings (SSSR count). The monoisotopic (exact) mass is 377 g/mol. The summed E-state index contributed by atoms with van der Waals surface area (Å²) < 4.78 is 13.0. The Bertz CT molecular complexity index is 406. The van der Waals surface area contributed by atoms with Crippen LogP contribution in [0.3, 0.4) is 0 Å². The van der Waals surface area contributed by atoms with Gasteiger partial charge in [0.2, 0.25) is 0 Å². The second-order valence-corrected chi connectivity index (χ2v) is 6.13. The van der Waals surface area contributed by atoms with E-state index in [-0.39, 0.29) is 0 Å². The van der Waals surface area contributed by atoms with E-state index in [0.717, 1.165) is 40.1 Å². The van der Waals surface area contributed by atoms with Gasteiger partial charge in [-0.25, -0.2) is 0 Å². The van der Waals surface area contributed by atoms with Gasteiger partial charge in [0.05, 0.1) is 22.7 Å². The summed E-state index contributed by atoms with van der Waals surface area (Å²) in [6, 6.07) is 3.87. The molecule has 1 aliphatic rings. The van der Waals surface area contributed by atoms with Crippen molar-refractivity contribution < 1.29 is 9.47 Å². The van der Waals surface area contributed by atoms with Gasteiger partial charge in [0.25, 0.3) is 0 Å². The fraction of sp³-hybridized carbons (Fsp3) is 0.538. The van der Waals surface area contributed by atoms with E-state index in [1.54, 1.807) is 7.11 Å². The minimum Gasteiger partial charge on any atom is -0.496 e. The number of ether oxygens (including phenoxy) is 2. The van der Waals surface area contributed by atoms with Gasteiger partial charge in [-0.1, -0.05) is 0 Å². The van der Waals surface area contributed by atoms with Gasteiger partial charge >= 0.3 is 0 Å². The largest absolute Gasteiger partial charge is 0.496 e. The van der Waals surface area contributed by atoms with E-state index in [9.17, 15) is 0 Å². The Morgan fingerprint density at radius 3 is 2.44 bits per heavy atom. The molecule has 0 aliphatic carbocycles. The van der Waals surface area contributed by atoms with Gasteiger partial charge in [-0.2, -0.15) is 0 Å². The highest BCUT2D eigenvalue weighted by Gasteiger charge is 2.15. The Morgan fingerprint density at radius 2 is 1.78 bits per heavy atom. The summed E-state index contributed by atoms with van der Waals surface area (Å²) in [6.07, 6.45) is 2.38. The first kappa shape index (κ1) is 14.2. The topological polar surface area (TPSA) is 30.5 Å². The molecule has 0 aromatic heterocycles. The van der Waals surface area contributed by atoms with Crippen LogP contribution in [-0.4, -0.2) is 26.8 Å². The highest BCUT2D eigenvalue weighted by atomic mass is 79.9. The molecule has 0 unspecified atom stereocenters. The Labute approximate surface area is 124 Å². The number of piperidine rings is 1. The molecule has 0 amide bonds. The summed E-state index contributed by atoms with van der Waals surface area (Å²) in [5.41, 5.74) is 0. The molecule has 1 N–H and O–H groups in total. The zero-order valence-corrected chi connectivity index (χ0v) is 13.5. The second-order valence-electron chi connectivity index (χ2n) is 4.42. The average Bonchev–Trinajstić information content (AvgIpc) is 2.40. The van der Waals surface area contributed by atoms with Gasteiger partial charge in [-0.15, -0.1) is 0 Å². The number of rotatable bonds is 4. The van der Waals surface area contributed by atoms with E-state index in [1.807, 2.05) is 12.1 Å². The van der Waals surface area contributed by atoms with Crippen LogP contribution in [0.15, 0.2) is 21.1 Å². The van der Waals surface area contributed by atoms with Crippen LogP contribution in [0.2, 0.25) is 0 Å². The maximum atomic E-state index is 5.90. The molecule has 1 saturated heterocycles. The summed E-state index contributed by atoms with van der Waals surface area (Å²) in [4.78, 5) is 0. The SMILES string of the molecule is COc1cc(Br)c(OCC2CCNCC2)cc1Br. The molecule has 1 fully saturated rings. The molecule has 0 saturated carbocycles. The van der Waals surface area contributed by atoms with Crippen LogP contribution in [0.5, 0.6) is 11.5 Å². The van der Waals surface area contributed by atoms with Crippen molar-refractivity contribution in [3.05, 3.63) is 21.1 Å². The van der Waals surface area contributed by atoms with E-state index in [0.29, 0.717) is 5.92 Å². The van der Waals surface area contributed by atoms with Gasteiger partial charge in [0.15, 0.2) is 0 Å². The third kappa shape index (κ3) is 3.62. The average molecular weight is 379 g/mol. The molecule has 1 aromatic carbocycles. The van der Waals surface area contributed by atoms with E-state index < -0.39 is 0 Å². The molecule has 1 heterocycles. The minimum absolute atomic E-state index is 0.652. The maximum Gasteiger partial charge on any atom is 0.134 e. The van der Waals surface area contributed by atoms with Crippen LogP contribution >= 0.6 is 31.9 Å². The quantitative estimate of drug-likeness (QED) is 0.868. The Morgan fingerprint density at radius 1 is 1.17 bits per heavy atom. The van der Waals surface area contributed by atoms with Gasteiger partial charge in [-0.05, 0) is 75.8 Å². The summed E-state index contributed by atoms with van der Waals surface area (Å²) in [7, 11) is 1.65. The number of hydrogen-bond acceptors (Lipinski definition) is 3. The zero-order valence-electron chi connectivity index (χ0n) is 10.3. The van der Waals surface area contributed by atoms with Crippen molar-refractivity contribution in [3.8, 4) is 11.5 Å². The molecule has 1 aliphatic heterocycles. The number of hydrogen-bond donors (Lipinski definition) is 1. The van der Waals surface area contributed by atoms with Crippen molar-refractivity contribution in [2.45, 2.75) is 12.8 Å². The predicted octanol–water partition coefficient (Wildman–Crippen LogP) is 3.60. The number of methoxy groups -OCH3 is 1. The van der Waals surface area contributed by atoms with Crippen LogP contribution < -0.4 is 14.8 Å². The lowest BCUT2D eigenvalue weighted by molar-refractivity contribution is 0.214. The molecule has 3 nitrogen and oxygen atoms in total. The van der Waals surface area contributed by atoms with Crippen molar-refractivity contribution >= 4 is 31.9 Å². The number of nitrogens with one attached hydrogen (secondary N) is 1.